The second-order valence-corrected chi connectivity index (χ2v) is 5.06. The van der Waals surface area contributed by atoms with E-state index in [0.717, 1.165) is 16.6 Å². The fourth-order valence-corrected chi connectivity index (χ4v) is 2.40. The number of esters is 1. The predicted octanol–water partition coefficient (Wildman–Crippen LogP) is 2.57. The smallest absolute Gasteiger partial charge is 0.340 e. The van der Waals surface area contributed by atoms with Crippen molar-refractivity contribution in [3.05, 3.63) is 39.6 Å². The molecule has 0 saturated heterocycles. The molecule has 2 rings (SSSR count). The first-order valence-electron chi connectivity index (χ1n) is 5.83. The molecule has 2 aromatic rings. The molecule has 0 aliphatic heterocycles. The molecule has 0 spiro atoms. The van der Waals surface area contributed by atoms with Crippen molar-refractivity contribution in [3.63, 3.8) is 0 Å². The number of aryl methyl sites for hydroxylation is 1. The monoisotopic (exact) mass is 295 g/mol. The molecule has 0 fully saturated rings. The number of methoxy groups -OCH3 is 1. The lowest BCUT2D eigenvalue weighted by atomic mass is 10.1. The van der Waals surface area contributed by atoms with Gasteiger partial charge >= 0.3 is 5.97 Å². The normalized spacial score (nSPS) is 10.3. The van der Waals surface area contributed by atoms with Gasteiger partial charge in [0.15, 0.2) is 0 Å². The van der Waals surface area contributed by atoms with E-state index in [1.54, 1.807) is 5.51 Å². The summed E-state index contributed by atoms with van der Waals surface area (Å²) >= 11 is 1.48. The summed E-state index contributed by atoms with van der Waals surface area (Å²) in [5.41, 5.74) is 8.62. The molecule has 1 aromatic heterocycles. The minimum absolute atomic E-state index is 0.0499. The van der Waals surface area contributed by atoms with Crippen LogP contribution in [0.1, 0.15) is 20.9 Å². The molecular formula is C13H14FN3O2S. The minimum atomic E-state index is -0.598. The van der Waals surface area contributed by atoms with Crippen LogP contribution in [0.4, 0.5) is 15.8 Å². The maximum Gasteiger partial charge on any atom is 0.340 e. The van der Waals surface area contributed by atoms with E-state index in [9.17, 15) is 9.18 Å². The van der Waals surface area contributed by atoms with Crippen LogP contribution in [0.2, 0.25) is 0 Å². The Morgan fingerprint density at radius 3 is 2.90 bits per heavy atom. The van der Waals surface area contributed by atoms with E-state index in [-0.39, 0.29) is 16.9 Å². The Labute approximate surface area is 119 Å². The number of aromatic nitrogens is 1. The van der Waals surface area contributed by atoms with E-state index >= 15 is 0 Å². The first-order valence-corrected chi connectivity index (χ1v) is 6.71. The summed E-state index contributed by atoms with van der Waals surface area (Å²) in [5, 5.41) is 2.93. The summed E-state index contributed by atoms with van der Waals surface area (Å²) in [7, 11) is 1.25. The third-order valence-corrected chi connectivity index (χ3v) is 3.76. The number of halogens is 1. The van der Waals surface area contributed by atoms with E-state index in [1.165, 1.54) is 24.5 Å². The van der Waals surface area contributed by atoms with Gasteiger partial charge in [-0.25, -0.2) is 14.2 Å². The second kappa shape index (κ2) is 5.87. The first kappa shape index (κ1) is 14.3. The molecule has 0 amide bonds. The Morgan fingerprint density at radius 2 is 2.30 bits per heavy atom. The molecule has 3 N–H and O–H groups in total. The highest BCUT2D eigenvalue weighted by Crippen LogP contribution is 2.24. The van der Waals surface area contributed by atoms with Crippen molar-refractivity contribution in [1.29, 1.82) is 0 Å². The Hall–Kier alpha value is -2.15. The zero-order chi connectivity index (χ0) is 14.7. The van der Waals surface area contributed by atoms with Gasteiger partial charge < -0.3 is 15.8 Å². The number of hydrogen-bond donors (Lipinski definition) is 2. The van der Waals surface area contributed by atoms with E-state index in [4.69, 9.17) is 5.73 Å². The van der Waals surface area contributed by atoms with Crippen molar-refractivity contribution in [2.45, 2.75) is 13.5 Å². The number of carbonyl (C=O) groups excluding carboxylic acids is 1. The van der Waals surface area contributed by atoms with Crippen molar-refractivity contribution in [1.82, 2.24) is 4.98 Å². The molecular weight excluding hydrogens is 281 g/mol. The predicted molar refractivity (Wildman–Crippen MR) is 76.3 cm³/mol. The Kier molecular flexibility index (Phi) is 4.19. The maximum absolute atomic E-state index is 13.8. The summed E-state index contributed by atoms with van der Waals surface area (Å²) in [5.74, 6) is -1.11. The Balaban J connectivity index is 2.23. The number of thiazole rings is 1. The second-order valence-electron chi connectivity index (χ2n) is 4.13. The minimum Gasteiger partial charge on any atom is -0.465 e. The number of rotatable bonds is 4. The molecule has 7 heteroatoms. The summed E-state index contributed by atoms with van der Waals surface area (Å²) in [6.45, 7) is 2.31. The van der Waals surface area contributed by atoms with Crippen LogP contribution in [0.3, 0.4) is 0 Å². The molecule has 0 saturated carbocycles. The molecule has 0 unspecified atom stereocenters. The van der Waals surface area contributed by atoms with Crippen LogP contribution in [-0.4, -0.2) is 18.1 Å². The number of nitrogens with zero attached hydrogens (tertiary/aromatic N) is 1. The lowest BCUT2D eigenvalue weighted by molar-refractivity contribution is 0.0602. The van der Waals surface area contributed by atoms with Crippen LogP contribution in [0.5, 0.6) is 0 Å². The molecule has 106 valence electrons. The van der Waals surface area contributed by atoms with Crippen molar-refractivity contribution in [3.8, 4) is 0 Å². The number of nitrogen functional groups attached to an aromatic ring is 1. The van der Waals surface area contributed by atoms with Gasteiger partial charge in [0.25, 0.3) is 0 Å². The number of nitrogens with one attached hydrogen (secondary N) is 1. The summed E-state index contributed by atoms with van der Waals surface area (Å²) in [6, 6.07) is 2.46. The van der Waals surface area contributed by atoms with E-state index in [0.29, 0.717) is 6.54 Å². The van der Waals surface area contributed by atoms with Gasteiger partial charge in [-0.2, -0.15) is 0 Å². The fourth-order valence-electron chi connectivity index (χ4n) is 1.68. The first-order chi connectivity index (χ1) is 9.52. The Morgan fingerprint density at radius 1 is 1.55 bits per heavy atom. The molecule has 0 radical (unpaired) electrons. The van der Waals surface area contributed by atoms with Crippen molar-refractivity contribution >= 4 is 28.7 Å². The summed E-state index contributed by atoms with van der Waals surface area (Å²) in [4.78, 5) is 16.6. The van der Waals surface area contributed by atoms with Crippen LogP contribution in [0.25, 0.3) is 0 Å². The van der Waals surface area contributed by atoms with Gasteiger partial charge in [-0.1, -0.05) is 0 Å². The summed E-state index contributed by atoms with van der Waals surface area (Å²) in [6.07, 6.45) is 0. The van der Waals surface area contributed by atoms with Gasteiger partial charge in [0.2, 0.25) is 0 Å². The number of hydrogen-bond acceptors (Lipinski definition) is 6. The summed E-state index contributed by atoms with van der Waals surface area (Å²) < 4.78 is 18.4. The number of nitrogens with two attached hydrogens (primary N) is 1. The maximum atomic E-state index is 13.8. The van der Waals surface area contributed by atoms with Crippen LogP contribution < -0.4 is 11.1 Å². The SMILES string of the molecule is COC(=O)c1cc(NCc2scnc2C)c(F)cc1N. The largest absolute Gasteiger partial charge is 0.465 e. The van der Waals surface area contributed by atoms with Gasteiger partial charge in [0.1, 0.15) is 5.82 Å². The van der Waals surface area contributed by atoms with Crippen LogP contribution >= 0.6 is 11.3 Å². The molecule has 20 heavy (non-hydrogen) atoms. The topological polar surface area (TPSA) is 77.2 Å². The standard InChI is InChI=1S/C13H14FN3O2S/c1-7-12(20-6-17-7)5-16-11-3-8(13(18)19-2)10(15)4-9(11)14/h3-4,6,16H,5,15H2,1-2H3. The third-order valence-electron chi connectivity index (χ3n) is 2.83. The van der Waals surface area contributed by atoms with E-state index in [1.807, 2.05) is 6.92 Å². The Bertz CT molecular complexity index is 643. The van der Waals surface area contributed by atoms with Crippen molar-refractivity contribution in [2.75, 3.05) is 18.2 Å². The van der Waals surface area contributed by atoms with Crippen molar-refractivity contribution < 1.29 is 13.9 Å². The lowest BCUT2D eigenvalue weighted by Gasteiger charge is -2.10. The van der Waals surface area contributed by atoms with Crippen LogP contribution in [-0.2, 0) is 11.3 Å². The average molecular weight is 295 g/mol. The average Bonchev–Trinajstić information content (AvgIpc) is 2.82. The fraction of sp³-hybridized carbons (Fsp3) is 0.231. The molecule has 1 aromatic carbocycles. The van der Waals surface area contributed by atoms with E-state index in [2.05, 4.69) is 15.0 Å². The number of ether oxygens (including phenoxy) is 1. The molecule has 0 bridgehead atoms. The molecule has 0 aliphatic carbocycles. The van der Waals surface area contributed by atoms with Gasteiger partial charge in [0, 0.05) is 10.6 Å². The number of carbonyl (C=O) groups is 1. The highest BCUT2D eigenvalue weighted by atomic mass is 32.1. The highest BCUT2D eigenvalue weighted by molar-refractivity contribution is 7.09. The third kappa shape index (κ3) is 2.88. The quantitative estimate of drug-likeness (QED) is 0.669. The molecule has 0 atom stereocenters. The van der Waals surface area contributed by atoms with Gasteiger partial charge in [0.05, 0.1) is 36.1 Å². The molecule has 5 nitrogen and oxygen atoms in total. The molecule has 0 aliphatic rings. The number of anilines is 2. The molecule has 1 heterocycles. The highest BCUT2D eigenvalue weighted by Gasteiger charge is 2.14. The van der Waals surface area contributed by atoms with Crippen LogP contribution in [0.15, 0.2) is 17.6 Å². The zero-order valence-corrected chi connectivity index (χ0v) is 11.9. The van der Waals surface area contributed by atoms with Gasteiger partial charge in [-0.15, -0.1) is 11.3 Å². The lowest BCUT2D eigenvalue weighted by Crippen LogP contribution is -2.09. The van der Waals surface area contributed by atoms with Gasteiger partial charge in [-0.05, 0) is 19.1 Å². The van der Waals surface area contributed by atoms with Gasteiger partial charge in [-0.3, -0.25) is 0 Å². The van der Waals surface area contributed by atoms with Crippen molar-refractivity contribution in [2.24, 2.45) is 0 Å². The van der Waals surface area contributed by atoms with E-state index < -0.39 is 11.8 Å². The zero-order valence-electron chi connectivity index (χ0n) is 11.1. The number of benzene rings is 1. The van der Waals surface area contributed by atoms with Crippen LogP contribution in [0, 0.1) is 12.7 Å².